The summed E-state index contributed by atoms with van der Waals surface area (Å²) < 4.78 is 7.85. The lowest BCUT2D eigenvalue weighted by Gasteiger charge is -2.22. The lowest BCUT2D eigenvalue weighted by Crippen LogP contribution is -2.31. The molecule has 4 heterocycles. The molecule has 0 aliphatic carbocycles. The molecule has 6 nitrogen and oxygen atoms in total. The molecular formula is C20H18N4O2. The Kier molecular flexibility index (Phi) is 3.31. The predicted molar refractivity (Wildman–Crippen MR) is 96.9 cm³/mol. The summed E-state index contributed by atoms with van der Waals surface area (Å²) in [6.45, 7) is 2.64. The first-order valence-electron chi connectivity index (χ1n) is 8.83. The summed E-state index contributed by atoms with van der Waals surface area (Å²) >= 11 is 0. The van der Waals surface area contributed by atoms with E-state index in [-0.39, 0.29) is 11.9 Å². The summed E-state index contributed by atoms with van der Waals surface area (Å²) in [5.74, 6) is 1.15. The fraction of sp³-hybridized carbons (Fsp3) is 0.250. The van der Waals surface area contributed by atoms with Crippen LogP contribution in [0.2, 0.25) is 0 Å². The van der Waals surface area contributed by atoms with Gasteiger partial charge in [-0.2, -0.15) is 0 Å². The van der Waals surface area contributed by atoms with E-state index in [1.54, 1.807) is 0 Å². The minimum absolute atomic E-state index is 0.0751. The Morgan fingerprint density at radius 2 is 2.00 bits per heavy atom. The minimum Gasteiger partial charge on any atom is -0.451 e. The number of para-hydroxylation sites is 1. The third-order valence-corrected chi connectivity index (χ3v) is 5.19. The molecule has 0 bridgehead atoms. The average Bonchev–Trinajstić information content (AvgIpc) is 3.38. The summed E-state index contributed by atoms with van der Waals surface area (Å²) in [6, 6.07) is 13.5. The van der Waals surface area contributed by atoms with Gasteiger partial charge in [0, 0.05) is 23.7 Å². The minimum atomic E-state index is -0.0903. The van der Waals surface area contributed by atoms with E-state index < -0.39 is 0 Å². The molecule has 1 aliphatic heterocycles. The van der Waals surface area contributed by atoms with Gasteiger partial charge < -0.3 is 9.32 Å². The van der Waals surface area contributed by atoms with E-state index >= 15 is 0 Å². The topological polar surface area (TPSA) is 63.6 Å². The first kappa shape index (κ1) is 15.1. The van der Waals surface area contributed by atoms with Gasteiger partial charge in [-0.15, -0.1) is 10.2 Å². The smallest absolute Gasteiger partial charge is 0.290 e. The van der Waals surface area contributed by atoms with Crippen molar-refractivity contribution in [2.45, 2.75) is 25.8 Å². The van der Waals surface area contributed by atoms with Crippen molar-refractivity contribution in [2.24, 2.45) is 0 Å². The van der Waals surface area contributed by atoms with Crippen molar-refractivity contribution in [3.63, 3.8) is 0 Å². The molecular weight excluding hydrogens is 328 g/mol. The van der Waals surface area contributed by atoms with Gasteiger partial charge in [0.25, 0.3) is 5.91 Å². The van der Waals surface area contributed by atoms with Gasteiger partial charge in [0.05, 0.1) is 6.04 Å². The Morgan fingerprint density at radius 3 is 2.88 bits per heavy atom. The predicted octanol–water partition coefficient (Wildman–Crippen LogP) is 3.76. The zero-order valence-electron chi connectivity index (χ0n) is 14.4. The van der Waals surface area contributed by atoms with Crippen LogP contribution < -0.4 is 0 Å². The van der Waals surface area contributed by atoms with Crippen LogP contribution in [0.1, 0.15) is 40.8 Å². The van der Waals surface area contributed by atoms with Crippen molar-refractivity contribution in [1.29, 1.82) is 0 Å². The van der Waals surface area contributed by atoms with Crippen LogP contribution in [0.5, 0.6) is 0 Å². The van der Waals surface area contributed by atoms with Crippen LogP contribution in [0.15, 0.2) is 53.1 Å². The first-order valence-corrected chi connectivity index (χ1v) is 8.83. The molecule has 0 radical (unpaired) electrons. The molecule has 130 valence electrons. The van der Waals surface area contributed by atoms with E-state index in [4.69, 9.17) is 4.42 Å². The maximum atomic E-state index is 13.3. The molecule has 0 saturated carbocycles. The third-order valence-electron chi connectivity index (χ3n) is 5.19. The number of aryl methyl sites for hydroxylation is 1. The van der Waals surface area contributed by atoms with Crippen molar-refractivity contribution in [3.8, 4) is 0 Å². The summed E-state index contributed by atoms with van der Waals surface area (Å²) in [4.78, 5) is 15.1. The number of hydrogen-bond acceptors (Lipinski definition) is 4. The molecule has 5 rings (SSSR count). The van der Waals surface area contributed by atoms with Crippen molar-refractivity contribution < 1.29 is 9.21 Å². The fourth-order valence-electron chi connectivity index (χ4n) is 3.87. The van der Waals surface area contributed by atoms with Gasteiger partial charge in [-0.1, -0.05) is 24.3 Å². The molecule has 1 aliphatic rings. The molecule has 0 unspecified atom stereocenters. The summed E-state index contributed by atoms with van der Waals surface area (Å²) in [6.07, 6.45) is 3.76. The lowest BCUT2D eigenvalue weighted by molar-refractivity contribution is 0.0698. The number of furan rings is 1. The molecule has 3 aromatic heterocycles. The van der Waals surface area contributed by atoms with Crippen LogP contribution >= 0.6 is 0 Å². The fourth-order valence-corrected chi connectivity index (χ4v) is 3.87. The molecule has 4 aromatic rings. The summed E-state index contributed by atoms with van der Waals surface area (Å²) in [5, 5.41) is 9.58. The molecule has 0 N–H and O–H groups in total. The molecule has 1 saturated heterocycles. The SMILES string of the molecule is Cc1c(C(=O)N2CCC[C@@H]2c2nnc3ccccn23)oc2ccccc12. The Bertz CT molecular complexity index is 1130. The van der Waals surface area contributed by atoms with Crippen molar-refractivity contribution in [1.82, 2.24) is 19.5 Å². The van der Waals surface area contributed by atoms with E-state index in [0.29, 0.717) is 12.3 Å². The number of aromatic nitrogens is 3. The highest BCUT2D eigenvalue weighted by atomic mass is 16.3. The maximum absolute atomic E-state index is 13.3. The highest BCUT2D eigenvalue weighted by Gasteiger charge is 2.35. The van der Waals surface area contributed by atoms with Gasteiger partial charge in [-0.25, -0.2) is 0 Å². The summed E-state index contributed by atoms with van der Waals surface area (Å²) in [7, 11) is 0. The second-order valence-corrected chi connectivity index (χ2v) is 6.70. The van der Waals surface area contributed by atoms with Gasteiger partial charge in [0.15, 0.2) is 17.2 Å². The quantitative estimate of drug-likeness (QED) is 0.554. The van der Waals surface area contributed by atoms with Crippen LogP contribution in [0.3, 0.4) is 0 Å². The monoisotopic (exact) mass is 346 g/mol. The van der Waals surface area contributed by atoms with Gasteiger partial charge >= 0.3 is 0 Å². The molecule has 26 heavy (non-hydrogen) atoms. The van der Waals surface area contributed by atoms with Crippen LogP contribution in [0.4, 0.5) is 0 Å². The zero-order valence-corrected chi connectivity index (χ0v) is 14.4. The Balaban J connectivity index is 1.56. The van der Waals surface area contributed by atoms with E-state index in [1.807, 2.05) is 64.9 Å². The van der Waals surface area contributed by atoms with Crippen LogP contribution in [0.25, 0.3) is 16.6 Å². The number of hydrogen-bond donors (Lipinski definition) is 0. The number of amides is 1. The van der Waals surface area contributed by atoms with Crippen molar-refractivity contribution >= 4 is 22.5 Å². The largest absolute Gasteiger partial charge is 0.451 e. The molecule has 1 aromatic carbocycles. The maximum Gasteiger partial charge on any atom is 0.290 e. The molecule has 1 amide bonds. The van der Waals surface area contributed by atoms with Crippen LogP contribution in [0, 0.1) is 6.92 Å². The van der Waals surface area contributed by atoms with E-state index in [0.717, 1.165) is 40.8 Å². The number of carbonyl (C=O) groups is 1. The second kappa shape index (κ2) is 5.69. The number of nitrogens with zero attached hydrogens (tertiary/aromatic N) is 4. The third kappa shape index (κ3) is 2.15. The molecule has 6 heteroatoms. The van der Waals surface area contributed by atoms with Gasteiger partial charge in [0.2, 0.25) is 0 Å². The number of pyridine rings is 1. The van der Waals surface area contributed by atoms with Crippen molar-refractivity contribution in [2.75, 3.05) is 6.54 Å². The molecule has 0 spiro atoms. The number of rotatable bonds is 2. The van der Waals surface area contributed by atoms with E-state index in [2.05, 4.69) is 10.2 Å². The highest BCUT2D eigenvalue weighted by Crippen LogP contribution is 2.34. The standard InChI is InChI=1S/C20H18N4O2/c1-13-14-7-2-3-9-16(14)26-18(13)20(25)23-12-6-8-15(23)19-22-21-17-10-4-5-11-24(17)19/h2-5,7,9-11,15H,6,8,12H2,1H3/t15-/m1/s1. The lowest BCUT2D eigenvalue weighted by atomic mass is 10.1. The number of carbonyl (C=O) groups excluding carboxylic acids is 1. The average molecular weight is 346 g/mol. The Labute approximate surface area is 150 Å². The number of likely N-dealkylation sites (tertiary alicyclic amines) is 1. The van der Waals surface area contributed by atoms with Gasteiger partial charge in [0.1, 0.15) is 5.58 Å². The van der Waals surface area contributed by atoms with Gasteiger partial charge in [-0.05, 0) is 38.0 Å². The summed E-state index contributed by atoms with van der Waals surface area (Å²) in [5.41, 5.74) is 2.43. The normalized spacial score (nSPS) is 17.4. The second-order valence-electron chi connectivity index (χ2n) is 6.70. The molecule has 1 atom stereocenters. The number of fused-ring (bicyclic) bond motifs is 2. The zero-order chi connectivity index (χ0) is 17.7. The van der Waals surface area contributed by atoms with Crippen LogP contribution in [-0.2, 0) is 0 Å². The Morgan fingerprint density at radius 1 is 1.15 bits per heavy atom. The first-order chi connectivity index (χ1) is 12.7. The van der Waals surface area contributed by atoms with E-state index in [9.17, 15) is 4.79 Å². The highest BCUT2D eigenvalue weighted by molar-refractivity contribution is 5.99. The van der Waals surface area contributed by atoms with Crippen LogP contribution in [-0.4, -0.2) is 31.9 Å². The van der Waals surface area contributed by atoms with Crippen molar-refractivity contribution in [3.05, 3.63) is 65.8 Å². The van der Waals surface area contributed by atoms with E-state index in [1.165, 1.54) is 0 Å². The van der Waals surface area contributed by atoms with Gasteiger partial charge in [-0.3, -0.25) is 9.20 Å². The number of benzene rings is 1. The molecule has 1 fully saturated rings. The Hall–Kier alpha value is -3.15.